The van der Waals surface area contributed by atoms with Gasteiger partial charge >= 0.3 is 0 Å². The molecule has 0 amide bonds. The fourth-order valence-corrected chi connectivity index (χ4v) is 2.91. The van der Waals surface area contributed by atoms with Crippen LogP contribution in [0.1, 0.15) is 24.2 Å². The lowest BCUT2D eigenvalue weighted by Crippen LogP contribution is -2.36. The molecule has 7 nitrogen and oxygen atoms in total. The highest BCUT2D eigenvalue weighted by Gasteiger charge is 2.09. The molecule has 1 fully saturated rings. The summed E-state index contributed by atoms with van der Waals surface area (Å²) in [7, 11) is 0. The number of nitrogens with zero attached hydrogens (tertiary/aromatic N) is 5. The van der Waals surface area contributed by atoms with Gasteiger partial charge in [0, 0.05) is 25.3 Å². The fraction of sp³-hybridized carbons (Fsp3) is 0.588. The Hall–Kier alpha value is -1.99. The average molecular weight is 330 g/mol. The smallest absolute Gasteiger partial charge is 0.174 e. The second kappa shape index (κ2) is 8.21. The molecule has 0 spiro atoms. The van der Waals surface area contributed by atoms with E-state index in [1.54, 1.807) is 12.4 Å². The zero-order valence-electron chi connectivity index (χ0n) is 14.5. The number of hydrogen-bond donors (Lipinski definition) is 1. The fourth-order valence-electron chi connectivity index (χ4n) is 2.91. The van der Waals surface area contributed by atoms with Crippen LogP contribution in [-0.2, 0) is 4.74 Å². The number of nitrogens with one attached hydrogen (secondary N) is 1. The van der Waals surface area contributed by atoms with Crippen LogP contribution in [0.15, 0.2) is 18.5 Å². The second-order valence-electron chi connectivity index (χ2n) is 6.19. The summed E-state index contributed by atoms with van der Waals surface area (Å²) in [5.74, 6) is 1.55. The third-order valence-corrected chi connectivity index (χ3v) is 4.16. The number of rotatable bonds is 7. The molecule has 3 rings (SSSR count). The SMILES string of the molecule is Cc1cc(C)n(-c2cncc(NCCCCN3CCOCC3)n2)n1. The summed E-state index contributed by atoms with van der Waals surface area (Å²) in [6.07, 6.45) is 5.79. The van der Waals surface area contributed by atoms with E-state index in [0.717, 1.165) is 68.8 Å². The molecule has 1 saturated heterocycles. The zero-order valence-corrected chi connectivity index (χ0v) is 14.5. The van der Waals surface area contributed by atoms with Crippen molar-refractivity contribution in [2.75, 3.05) is 44.7 Å². The van der Waals surface area contributed by atoms with Crippen molar-refractivity contribution in [1.82, 2.24) is 24.6 Å². The normalized spacial score (nSPS) is 15.6. The molecule has 0 radical (unpaired) electrons. The Labute approximate surface area is 143 Å². The molecule has 1 aliphatic rings. The van der Waals surface area contributed by atoms with Crippen LogP contribution in [0, 0.1) is 13.8 Å². The molecular weight excluding hydrogens is 304 g/mol. The zero-order chi connectivity index (χ0) is 16.8. The van der Waals surface area contributed by atoms with Gasteiger partial charge in [0.05, 0.1) is 31.3 Å². The van der Waals surface area contributed by atoms with E-state index in [4.69, 9.17) is 4.74 Å². The predicted molar refractivity (Wildman–Crippen MR) is 93.6 cm³/mol. The number of unbranched alkanes of at least 4 members (excludes halogenated alkanes) is 1. The average Bonchev–Trinajstić information content (AvgIpc) is 2.94. The number of aromatic nitrogens is 4. The minimum Gasteiger partial charge on any atom is -0.379 e. The Morgan fingerprint density at radius 3 is 2.75 bits per heavy atom. The van der Waals surface area contributed by atoms with Gasteiger partial charge in [-0.1, -0.05) is 0 Å². The van der Waals surface area contributed by atoms with E-state index in [2.05, 4.69) is 25.3 Å². The lowest BCUT2D eigenvalue weighted by Gasteiger charge is -2.26. The summed E-state index contributed by atoms with van der Waals surface area (Å²) in [5.41, 5.74) is 2.04. The lowest BCUT2D eigenvalue weighted by atomic mass is 10.2. The van der Waals surface area contributed by atoms with E-state index >= 15 is 0 Å². The van der Waals surface area contributed by atoms with E-state index in [1.165, 1.54) is 6.42 Å². The maximum absolute atomic E-state index is 5.37. The first-order chi connectivity index (χ1) is 11.7. The quantitative estimate of drug-likeness (QED) is 0.781. The van der Waals surface area contributed by atoms with Gasteiger partial charge < -0.3 is 10.1 Å². The van der Waals surface area contributed by atoms with Crippen molar-refractivity contribution in [3.63, 3.8) is 0 Å². The van der Waals surface area contributed by atoms with Crippen molar-refractivity contribution < 1.29 is 4.74 Å². The molecule has 24 heavy (non-hydrogen) atoms. The van der Waals surface area contributed by atoms with E-state index < -0.39 is 0 Å². The van der Waals surface area contributed by atoms with Crippen LogP contribution in [-0.4, -0.2) is 64.0 Å². The highest BCUT2D eigenvalue weighted by atomic mass is 16.5. The third-order valence-electron chi connectivity index (χ3n) is 4.16. The molecule has 0 bridgehead atoms. The van der Waals surface area contributed by atoms with Crippen molar-refractivity contribution in [1.29, 1.82) is 0 Å². The topological polar surface area (TPSA) is 68.1 Å². The molecule has 0 aromatic carbocycles. The number of morpholine rings is 1. The molecule has 1 aliphatic heterocycles. The number of hydrogen-bond acceptors (Lipinski definition) is 6. The highest BCUT2D eigenvalue weighted by Crippen LogP contribution is 2.11. The molecule has 2 aromatic heterocycles. The summed E-state index contributed by atoms with van der Waals surface area (Å²) in [4.78, 5) is 11.3. The van der Waals surface area contributed by atoms with Crippen LogP contribution in [0.2, 0.25) is 0 Å². The Kier molecular flexibility index (Phi) is 5.77. The van der Waals surface area contributed by atoms with Crippen LogP contribution in [0.25, 0.3) is 5.82 Å². The molecule has 130 valence electrons. The van der Waals surface area contributed by atoms with Crippen LogP contribution >= 0.6 is 0 Å². The summed E-state index contributed by atoms with van der Waals surface area (Å²) >= 11 is 0. The van der Waals surface area contributed by atoms with E-state index in [1.807, 2.05) is 24.6 Å². The van der Waals surface area contributed by atoms with Crippen LogP contribution < -0.4 is 5.32 Å². The largest absolute Gasteiger partial charge is 0.379 e. The monoisotopic (exact) mass is 330 g/mol. The first-order valence-corrected chi connectivity index (χ1v) is 8.62. The number of ether oxygens (including phenoxy) is 1. The van der Waals surface area contributed by atoms with Gasteiger partial charge in [0.25, 0.3) is 0 Å². The van der Waals surface area contributed by atoms with Gasteiger partial charge in [-0.25, -0.2) is 9.67 Å². The minimum absolute atomic E-state index is 0.749. The van der Waals surface area contributed by atoms with Crippen molar-refractivity contribution >= 4 is 5.82 Å². The standard InChI is InChI=1S/C17H26N6O/c1-14-11-15(2)23(21-14)17-13-18-12-16(20-17)19-5-3-4-6-22-7-9-24-10-8-22/h11-13H,3-10H2,1-2H3,(H,19,20). The van der Waals surface area contributed by atoms with Crippen molar-refractivity contribution in [2.45, 2.75) is 26.7 Å². The lowest BCUT2D eigenvalue weighted by molar-refractivity contribution is 0.0373. The predicted octanol–water partition coefficient (Wildman–Crippen LogP) is 1.80. The third kappa shape index (κ3) is 4.52. The Morgan fingerprint density at radius 1 is 1.17 bits per heavy atom. The van der Waals surface area contributed by atoms with E-state index in [0.29, 0.717) is 0 Å². The summed E-state index contributed by atoms with van der Waals surface area (Å²) in [6.45, 7) is 9.90. The van der Waals surface area contributed by atoms with Crippen LogP contribution in [0.4, 0.5) is 5.82 Å². The molecule has 0 atom stereocenters. The first-order valence-electron chi connectivity index (χ1n) is 8.62. The van der Waals surface area contributed by atoms with Gasteiger partial charge in [-0.3, -0.25) is 9.88 Å². The van der Waals surface area contributed by atoms with Gasteiger partial charge in [0.1, 0.15) is 5.82 Å². The first kappa shape index (κ1) is 16.9. The van der Waals surface area contributed by atoms with Gasteiger partial charge in [-0.2, -0.15) is 5.10 Å². The van der Waals surface area contributed by atoms with Crippen LogP contribution in [0.3, 0.4) is 0 Å². The van der Waals surface area contributed by atoms with E-state index in [9.17, 15) is 0 Å². The van der Waals surface area contributed by atoms with Gasteiger partial charge in [0.2, 0.25) is 0 Å². The number of aryl methyl sites for hydroxylation is 2. The highest BCUT2D eigenvalue weighted by molar-refractivity contribution is 5.36. The van der Waals surface area contributed by atoms with Gasteiger partial charge in [0.15, 0.2) is 5.82 Å². The molecular formula is C17H26N6O. The Balaban J connectivity index is 1.45. The van der Waals surface area contributed by atoms with Gasteiger partial charge in [-0.05, 0) is 39.3 Å². The Bertz CT molecular complexity index is 650. The molecule has 0 saturated carbocycles. The summed E-state index contributed by atoms with van der Waals surface area (Å²) < 4.78 is 7.19. The van der Waals surface area contributed by atoms with Crippen LogP contribution in [0.5, 0.6) is 0 Å². The minimum atomic E-state index is 0.749. The van der Waals surface area contributed by atoms with Gasteiger partial charge in [-0.15, -0.1) is 0 Å². The summed E-state index contributed by atoms with van der Waals surface area (Å²) in [5, 5.41) is 7.81. The van der Waals surface area contributed by atoms with Crippen molar-refractivity contribution in [2.24, 2.45) is 0 Å². The molecule has 2 aromatic rings. The maximum Gasteiger partial charge on any atom is 0.174 e. The molecule has 0 aliphatic carbocycles. The molecule has 1 N–H and O–H groups in total. The Morgan fingerprint density at radius 2 is 2.00 bits per heavy atom. The van der Waals surface area contributed by atoms with Crippen molar-refractivity contribution in [3.05, 3.63) is 29.8 Å². The second-order valence-corrected chi connectivity index (χ2v) is 6.19. The molecule has 7 heteroatoms. The molecule has 0 unspecified atom stereocenters. The molecule has 3 heterocycles. The van der Waals surface area contributed by atoms with Crippen molar-refractivity contribution in [3.8, 4) is 5.82 Å². The number of anilines is 1. The summed E-state index contributed by atoms with van der Waals surface area (Å²) in [6, 6.07) is 2.04. The maximum atomic E-state index is 5.37. The van der Waals surface area contributed by atoms with E-state index in [-0.39, 0.29) is 0 Å².